The molecule has 0 radical (unpaired) electrons. The molecule has 19 heavy (non-hydrogen) atoms. The van der Waals surface area contributed by atoms with E-state index in [9.17, 15) is 9.90 Å². The molecule has 1 aromatic carbocycles. The molecule has 0 spiro atoms. The molecule has 1 aromatic rings. The number of phenolic OH excluding ortho intramolecular Hbond substituents is 1. The number of nitrogens with two attached hydrogens (primary N) is 1. The molecule has 1 aliphatic rings. The third-order valence-corrected chi connectivity index (χ3v) is 3.78. The van der Waals surface area contributed by atoms with Crippen LogP contribution >= 0.6 is 0 Å². The van der Waals surface area contributed by atoms with E-state index < -0.39 is 0 Å². The van der Waals surface area contributed by atoms with Crippen LogP contribution in [0.1, 0.15) is 48.0 Å². The molecule has 0 aliphatic heterocycles. The zero-order valence-electron chi connectivity index (χ0n) is 11.4. The molecule has 4 heteroatoms. The Labute approximate surface area is 114 Å². The van der Waals surface area contributed by atoms with Crippen molar-refractivity contribution < 1.29 is 9.90 Å². The molecule has 0 aromatic heterocycles. The summed E-state index contributed by atoms with van der Waals surface area (Å²) in [6.07, 6.45) is 5.27. The minimum Gasteiger partial charge on any atom is -0.507 e. The van der Waals surface area contributed by atoms with Gasteiger partial charge in [-0.15, -0.1) is 0 Å². The first kappa shape index (κ1) is 13.9. The van der Waals surface area contributed by atoms with Crippen LogP contribution in [0.4, 0.5) is 0 Å². The summed E-state index contributed by atoms with van der Waals surface area (Å²) in [6.45, 7) is 1.90. The van der Waals surface area contributed by atoms with Gasteiger partial charge in [0.25, 0.3) is 5.91 Å². The molecular weight excluding hydrogens is 240 g/mol. The van der Waals surface area contributed by atoms with E-state index in [0.29, 0.717) is 5.56 Å². The normalized spacial score (nSPS) is 23.7. The molecule has 1 fully saturated rings. The van der Waals surface area contributed by atoms with Gasteiger partial charge >= 0.3 is 0 Å². The summed E-state index contributed by atoms with van der Waals surface area (Å²) in [6, 6.07) is 5.06. The highest BCUT2D eigenvalue weighted by molar-refractivity contribution is 5.97. The lowest BCUT2D eigenvalue weighted by Gasteiger charge is -2.23. The van der Waals surface area contributed by atoms with Gasteiger partial charge in [-0.3, -0.25) is 4.79 Å². The largest absolute Gasteiger partial charge is 0.507 e. The lowest BCUT2D eigenvalue weighted by Crippen LogP contribution is -2.46. The van der Waals surface area contributed by atoms with E-state index in [1.165, 1.54) is 6.42 Å². The Bertz CT molecular complexity index is 459. The lowest BCUT2D eigenvalue weighted by molar-refractivity contribution is 0.0926. The molecule has 0 heterocycles. The highest BCUT2D eigenvalue weighted by Gasteiger charge is 2.23. The fourth-order valence-electron chi connectivity index (χ4n) is 2.59. The van der Waals surface area contributed by atoms with Gasteiger partial charge < -0.3 is 16.2 Å². The van der Waals surface area contributed by atoms with Crippen LogP contribution in [0.5, 0.6) is 5.75 Å². The number of amides is 1. The van der Waals surface area contributed by atoms with Crippen LogP contribution in [0.2, 0.25) is 0 Å². The summed E-state index contributed by atoms with van der Waals surface area (Å²) in [7, 11) is 0. The van der Waals surface area contributed by atoms with E-state index in [-0.39, 0.29) is 23.7 Å². The van der Waals surface area contributed by atoms with Gasteiger partial charge in [0.15, 0.2) is 0 Å². The van der Waals surface area contributed by atoms with Gasteiger partial charge in [-0.05, 0) is 31.9 Å². The summed E-state index contributed by atoms with van der Waals surface area (Å²) in [5.41, 5.74) is 7.38. The summed E-state index contributed by atoms with van der Waals surface area (Å²) in [5, 5.41) is 12.7. The Kier molecular flexibility index (Phi) is 4.43. The van der Waals surface area contributed by atoms with E-state index in [0.717, 1.165) is 31.2 Å². The highest BCUT2D eigenvalue weighted by Crippen LogP contribution is 2.20. The fourth-order valence-corrected chi connectivity index (χ4v) is 2.59. The number of aromatic hydroxyl groups is 1. The summed E-state index contributed by atoms with van der Waals surface area (Å²) in [5.74, 6) is -0.214. The van der Waals surface area contributed by atoms with Crippen molar-refractivity contribution in [3.8, 4) is 5.75 Å². The standard InChI is InChI=1S/C15H22N2O2/c1-10-7-8-14(18)11(9-10)15(19)17-13-6-4-2-3-5-12(13)16/h7-9,12-13,18H,2-6,16H2,1H3,(H,17,19). The van der Waals surface area contributed by atoms with Crippen LogP contribution in [0, 0.1) is 6.92 Å². The van der Waals surface area contributed by atoms with E-state index >= 15 is 0 Å². The van der Waals surface area contributed by atoms with Crippen LogP contribution in [0.25, 0.3) is 0 Å². The number of aryl methyl sites for hydroxylation is 1. The minimum absolute atomic E-state index is 0.00918. The fraction of sp³-hybridized carbons (Fsp3) is 0.533. The van der Waals surface area contributed by atoms with Crippen molar-refractivity contribution in [2.24, 2.45) is 5.73 Å². The molecule has 1 saturated carbocycles. The number of hydrogen-bond donors (Lipinski definition) is 3. The molecule has 2 unspecified atom stereocenters. The van der Waals surface area contributed by atoms with Gasteiger partial charge in [-0.1, -0.05) is 30.9 Å². The first-order chi connectivity index (χ1) is 9.08. The van der Waals surface area contributed by atoms with Crippen molar-refractivity contribution in [1.82, 2.24) is 5.32 Å². The van der Waals surface area contributed by atoms with Crippen LogP contribution in [0.3, 0.4) is 0 Å². The molecule has 1 aliphatic carbocycles. The summed E-state index contributed by atoms with van der Waals surface area (Å²) in [4.78, 5) is 12.2. The van der Waals surface area contributed by atoms with Crippen LogP contribution in [0.15, 0.2) is 18.2 Å². The first-order valence-corrected chi connectivity index (χ1v) is 6.94. The number of carbonyl (C=O) groups is 1. The number of nitrogens with one attached hydrogen (secondary N) is 1. The molecular formula is C15H22N2O2. The lowest BCUT2D eigenvalue weighted by atomic mass is 10.0. The molecule has 0 bridgehead atoms. The predicted octanol–water partition coefficient (Wildman–Crippen LogP) is 2.09. The van der Waals surface area contributed by atoms with Crippen molar-refractivity contribution in [2.75, 3.05) is 0 Å². The maximum Gasteiger partial charge on any atom is 0.255 e. The van der Waals surface area contributed by atoms with Gasteiger partial charge in [0.05, 0.1) is 5.56 Å². The van der Waals surface area contributed by atoms with Crippen molar-refractivity contribution in [2.45, 2.75) is 51.1 Å². The van der Waals surface area contributed by atoms with Gasteiger partial charge in [0.2, 0.25) is 0 Å². The van der Waals surface area contributed by atoms with E-state index in [1.807, 2.05) is 6.92 Å². The molecule has 4 N–H and O–H groups in total. The van der Waals surface area contributed by atoms with Crippen LogP contribution < -0.4 is 11.1 Å². The summed E-state index contributed by atoms with van der Waals surface area (Å²) < 4.78 is 0. The Balaban J connectivity index is 2.09. The van der Waals surface area contributed by atoms with Crippen LogP contribution in [-0.4, -0.2) is 23.1 Å². The third-order valence-electron chi connectivity index (χ3n) is 3.78. The SMILES string of the molecule is Cc1ccc(O)c(C(=O)NC2CCCCCC2N)c1. The first-order valence-electron chi connectivity index (χ1n) is 6.94. The summed E-state index contributed by atoms with van der Waals surface area (Å²) >= 11 is 0. The second-order valence-electron chi connectivity index (χ2n) is 5.40. The Hall–Kier alpha value is -1.55. The zero-order chi connectivity index (χ0) is 13.8. The molecule has 1 amide bonds. The van der Waals surface area contributed by atoms with Crippen molar-refractivity contribution in [3.63, 3.8) is 0 Å². The monoisotopic (exact) mass is 262 g/mol. The van der Waals surface area contributed by atoms with Crippen molar-refractivity contribution >= 4 is 5.91 Å². The molecule has 2 atom stereocenters. The van der Waals surface area contributed by atoms with E-state index in [2.05, 4.69) is 5.32 Å². The van der Waals surface area contributed by atoms with Crippen LogP contribution in [-0.2, 0) is 0 Å². The Morgan fingerprint density at radius 1 is 1.32 bits per heavy atom. The highest BCUT2D eigenvalue weighted by atomic mass is 16.3. The number of carbonyl (C=O) groups excluding carboxylic acids is 1. The smallest absolute Gasteiger partial charge is 0.255 e. The number of hydrogen-bond acceptors (Lipinski definition) is 3. The maximum absolute atomic E-state index is 12.2. The second kappa shape index (κ2) is 6.06. The van der Waals surface area contributed by atoms with Gasteiger partial charge in [0.1, 0.15) is 5.75 Å². The number of phenols is 1. The average molecular weight is 262 g/mol. The topological polar surface area (TPSA) is 75.3 Å². The maximum atomic E-state index is 12.2. The predicted molar refractivity (Wildman–Crippen MR) is 75.2 cm³/mol. The second-order valence-corrected chi connectivity index (χ2v) is 5.40. The van der Waals surface area contributed by atoms with Crippen molar-refractivity contribution in [3.05, 3.63) is 29.3 Å². The minimum atomic E-state index is -0.233. The Morgan fingerprint density at radius 2 is 2.05 bits per heavy atom. The molecule has 4 nitrogen and oxygen atoms in total. The van der Waals surface area contributed by atoms with Crippen molar-refractivity contribution in [1.29, 1.82) is 0 Å². The van der Waals surface area contributed by atoms with Gasteiger partial charge in [0, 0.05) is 12.1 Å². The zero-order valence-corrected chi connectivity index (χ0v) is 11.4. The Morgan fingerprint density at radius 3 is 2.84 bits per heavy atom. The number of rotatable bonds is 2. The average Bonchev–Trinajstić information content (AvgIpc) is 2.58. The number of benzene rings is 1. The van der Waals surface area contributed by atoms with E-state index in [4.69, 9.17) is 5.73 Å². The molecule has 0 saturated heterocycles. The third kappa shape index (κ3) is 3.47. The molecule has 104 valence electrons. The quantitative estimate of drug-likeness (QED) is 0.714. The van der Waals surface area contributed by atoms with Gasteiger partial charge in [-0.2, -0.15) is 0 Å². The van der Waals surface area contributed by atoms with Gasteiger partial charge in [-0.25, -0.2) is 0 Å². The van der Waals surface area contributed by atoms with E-state index in [1.54, 1.807) is 18.2 Å². The molecule has 2 rings (SSSR count).